The van der Waals surface area contributed by atoms with Gasteiger partial charge < -0.3 is 5.32 Å². The number of alkyl halides is 3. The van der Waals surface area contributed by atoms with Gasteiger partial charge in [-0.1, -0.05) is 6.92 Å². The van der Waals surface area contributed by atoms with Crippen molar-refractivity contribution in [2.45, 2.75) is 38.5 Å². The van der Waals surface area contributed by atoms with Gasteiger partial charge in [-0.3, -0.25) is 4.68 Å². The number of hydrogen-bond donors (Lipinski definition) is 1. The minimum atomic E-state index is -4.27. The summed E-state index contributed by atoms with van der Waals surface area (Å²) in [6.45, 7) is 2.52. The first-order chi connectivity index (χ1) is 7.49. The molecule has 4 nitrogen and oxygen atoms in total. The molecule has 1 N–H and O–H groups in total. The highest BCUT2D eigenvalue weighted by Crippen LogP contribution is 2.22. The van der Waals surface area contributed by atoms with Crippen LogP contribution in [-0.2, 0) is 13.0 Å². The van der Waals surface area contributed by atoms with Crippen LogP contribution in [0.15, 0.2) is 6.33 Å². The van der Waals surface area contributed by atoms with Crippen LogP contribution >= 0.6 is 0 Å². The van der Waals surface area contributed by atoms with E-state index in [1.54, 1.807) is 0 Å². The second kappa shape index (κ2) is 5.29. The Balaban J connectivity index is 2.74. The minimum Gasteiger partial charge on any atom is -0.309 e. The van der Waals surface area contributed by atoms with Crippen LogP contribution in [0.2, 0.25) is 0 Å². The summed E-state index contributed by atoms with van der Waals surface area (Å²) in [5, 5.41) is 6.13. The fourth-order valence-corrected chi connectivity index (χ4v) is 1.41. The number of halogens is 3. The molecule has 0 saturated carbocycles. The van der Waals surface area contributed by atoms with Gasteiger partial charge in [0, 0.05) is 13.0 Å². The van der Waals surface area contributed by atoms with Crippen molar-refractivity contribution in [2.24, 2.45) is 0 Å². The van der Waals surface area contributed by atoms with Crippen molar-refractivity contribution in [3.63, 3.8) is 0 Å². The highest BCUT2D eigenvalue weighted by Gasteiger charge is 2.39. The maximum Gasteiger partial charge on any atom is 0.404 e. The molecule has 0 amide bonds. The topological polar surface area (TPSA) is 42.7 Å². The first-order valence-electron chi connectivity index (χ1n) is 5.09. The van der Waals surface area contributed by atoms with Gasteiger partial charge in [0.25, 0.3) is 0 Å². The molecule has 7 heteroatoms. The Kier molecular flexibility index (Phi) is 4.28. The third-order valence-corrected chi connectivity index (χ3v) is 2.26. The fraction of sp³-hybridized carbons (Fsp3) is 0.778. The smallest absolute Gasteiger partial charge is 0.309 e. The van der Waals surface area contributed by atoms with E-state index in [4.69, 9.17) is 0 Å². The Morgan fingerprint density at radius 2 is 2.19 bits per heavy atom. The van der Waals surface area contributed by atoms with Crippen molar-refractivity contribution < 1.29 is 13.2 Å². The largest absolute Gasteiger partial charge is 0.404 e. The molecule has 92 valence electrons. The van der Waals surface area contributed by atoms with E-state index in [9.17, 15) is 13.2 Å². The first-order valence-corrected chi connectivity index (χ1v) is 5.09. The van der Waals surface area contributed by atoms with Crippen LogP contribution in [0.5, 0.6) is 0 Å². The zero-order valence-electron chi connectivity index (χ0n) is 9.25. The number of rotatable bonds is 5. The van der Waals surface area contributed by atoms with Crippen molar-refractivity contribution in [1.29, 1.82) is 0 Å². The van der Waals surface area contributed by atoms with Crippen LogP contribution in [0.3, 0.4) is 0 Å². The SMILES string of the molecule is CCCn1ncnc1CC(NC)C(F)(F)F. The van der Waals surface area contributed by atoms with Gasteiger partial charge in [0.2, 0.25) is 0 Å². The molecule has 1 aromatic heterocycles. The molecule has 1 rings (SSSR count). The lowest BCUT2D eigenvalue weighted by atomic mass is 10.2. The Morgan fingerprint density at radius 3 is 2.69 bits per heavy atom. The van der Waals surface area contributed by atoms with Crippen molar-refractivity contribution in [2.75, 3.05) is 7.05 Å². The number of likely N-dealkylation sites (N-methyl/N-ethyl adjacent to an activating group) is 1. The van der Waals surface area contributed by atoms with E-state index >= 15 is 0 Å². The standard InChI is InChI=1S/C9H15F3N4/c1-3-4-16-8(14-6-15-16)5-7(13-2)9(10,11)12/h6-7,13H,3-5H2,1-2H3. The van der Waals surface area contributed by atoms with E-state index < -0.39 is 12.2 Å². The molecule has 1 heterocycles. The Hall–Kier alpha value is -1.11. The maximum absolute atomic E-state index is 12.5. The molecule has 0 fully saturated rings. The number of aromatic nitrogens is 3. The van der Waals surface area contributed by atoms with Gasteiger partial charge in [0.1, 0.15) is 18.2 Å². The van der Waals surface area contributed by atoms with E-state index in [2.05, 4.69) is 15.4 Å². The van der Waals surface area contributed by atoms with Crippen LogP contribution in [0.4, 0.5) is 13.2 Å². The molecule has 0 radical (unpaired) electrons. The van der Waals surface area contributed by atoms with Crippen LogP contribution < -0.4 is 5.32 Å². The lowest BCUT2D eigenvalue weighted by molar-refractivity contribution is -0.154. The van der Waals surface area contributed by atoms with E-state index in [1.807, 2.05) is 6.92 Å². The molecule has 0 aromatic carbocycles. The van der Waals surface area contributed by atoms with Gasteiger partial charge in [0.15, 0.2) is 0 Å². The van der Waals surface area contributed by atoms with E-state index in [-0.39, 0.29) is 6.42 Å². The first kappa shape index (κ1) is 13.0. The molecule has 1 atom stereocenters. The highest BCUT2D eigenvalue weighted by atomic mass is 19.4. The molecule has 1 aromatic rings. The Bertz CT molecular complexity index is 321. The molecular weight excluding hydrogens is 221 g/mol. The summed E-state index contributed by atoms with van der Waals surface area (Å²) in [4.78, 5) is 3.85. The number of hydrogen-bond acceptors (Lipinski definition) is 3. The Morgan fingerprint density at radius 1 is 1.50 bits per heavy atom. The fourth-order valence-electron chi connectivity index (χ4n) is 1.41. The van der Waals surface area contributed by atoms with Gasteiger partial charge in [-0.2, -0.15) is 18.3 Å². The monoisotopic (exact) mass is 236 g/mol. The molecule has 16 heavy (non-hydrogen) atoms. The maximum atomic E-state index is 12.5. The van der Waals surface area contributed by atoms with Gasteiger partial charge in [-0.25, -0.2) is 4.98 Å². The second-order valence-corrected chi connectivity index (χ2v) is 3.49. The van der Waals surface area contributed by atoms with Gasteiger partial charge >= 0.3 is 6.18 Å². The summed E-state index contributed by atoms with van der Waals surface area (Å²) < 4.78 is 39.0. The average Bonchev–Trinajstić information content (AvgIpc) is 2.60. The van der Waals surface area contributed by atoms with Crippen molar-refractivity contribution in [3.8, 4) is 0 Å². The predicted molar refractivity (Wildman–Crippen MR) is 52.9 cm³/mol. The Labute approximate surface area is 91.9 Å². The lowest BCUT2D eigenvalue weighted by Crippen LogP contribution is -2.42. The van der Waals surface area contributed by atoms with Crippen LogP contribution in [0.25, 0.3) is 0 Å². The van der Waals surface area contributed by atoms with Crippen molar-refractivity contribution >= 4 is 0 Å². The zero-order chi connectivity index (χ0) is 12.2. The third-order valence-electron chi connectivity index (χ3n) is 2.26. The normalized spacial score (nSPS) is 14.1. The number of nitrogens with one attached hydrogen (secondary N) is 1. The van der Waals surface area contributed by atoms with Gasteiger partial charge in [-0.15, -0.1) is 0 Å². The molecule has 1 unspecified atom stereocenters. The van der Waals surface area contributed by atoms with Crippen molar-refractivity contribution in [3.05, 3.63) is 12.2 Å². The predicted octanol–water partition coefficient (Wildman–Crippen LogP) is 1.38. The summed E-state index contributed by atoms with van der Waals surface area (Å²) >= 11 is 0. The number of nitrogens with zero attached hydrogens (tertiary/aromatic N) is 3. The number of aryl methyl sites for hydroxylation is 1. The van der Waals surface area contributed by atoms with Gasteiger partial charge in [0.05, 0.1) is 0 Å². The van der Waals surface area contributed by atoms with Crippen LogP contribution in [0, 0.1) is 0 Å². The summed E-state index contributed by atoms with van der Waals surface area (Å²) in [7, 11) is 1.29. The third kappa shape index (κ3) is 3.19. The summed E-state index contributed by atoms with van der Waals surface area (Å²) in [6, 6.07) is -1.58. The van der Waals surface area contributed by atoms with E-state index in [1.165, 1.54) is 18.1 Å². The zero-order valence-corrected chi connectivity index (χ0v) is 9.25. The van der Waals surface area contributed by atoms with Gasteiger partial charge in [-0.05, 0) is 13.5 Å². The van der Waals surface area contributed by atoms with Crippen LogP contribution in [0.1, 0.15) is 19.2 Å². The molecule has 0 bridgehead atoms. The quantitative estimate of drug-likeness (QED) is 0.839. The van der Waals surface area contributed by atoms with E-state index in [0.29, 0.717) is 12.4 Å². The lowest BCUT2D eigenvalue weighted by Gasteiger charge is -2.19. The summed E-state index contributed by atoms with van der Waals surface area (Å²) in [6.07, 6.45) is -2.36. The molecule has 0 spiro atoms. The van der Waals surface area contributed by atoms with Crippen LogP contribution in [-0.4, -0.2) is 34.0 Å². The molecular formula is C9H15F3N4. The minimum absolute atomic E-state index is 0.194. The van der Waals surface area contributed by atoms with E-state index in [0.717, 1.165) is 6.42 Å². The average molecular weight is 236 g/mol. The molecule has 0 saturated heterocycles. The molecule has 0 aliphatic rings. The van der Waals surface area contributed by atoms with Crippen molar-refractivity contribution in [1.82, 2.24) is 20.1 Å². The summed E-state index contributed by atoms with van der Waals surface area (Å²) in [5.74, 6) is 0.360. The second-order valence-electron chi connectivity index (χ2n) is 3.49. The molecule has 0 aliphatic carbocycles. The molecule has 0 aliphatic heterocycles. The highest BCUT2D eigenvalue weighted by molar-refractivity contribution is 4.92. The summed E-state index contributed by atoms with van der Waals surface area (Å²) in [5.41, 5.74) is 0.